The lowest BCUT2D eigenvalue weighted by molar-refractivity contribution is 0.0385. The number of rotatable bonds is 3. The number of ether oxygens (including phenoxy) is 1. The summed E-state index contributed by atoms with van der Waals surface area (Å²) >= 11 is 3.15. The van der Waals surface area contributed by atoms with Crippen LogP contribution < -0.4 is 5.73 Å². The highest BCUT2D eigenvalue weighted by atomic mass is 79.9. The molecule has 19 heavy (non-hydrogen) atoms. The number of nitrogens with two attached hydrogens (primary N) is 1. The van der Waals surface area contributed by atoms with Crippen molar-refractivity contribution in [3.8, 4) is 0 Å². The SMILES string of the molecule is Cc1cc(Br)oc1C(=O)OC[C@@H]1CCCN1C(N)=O. The van der Waals surface area contributed by atoms with Crippen LogP contribution in [0.5, 0.6) is 0 Å². The molecule has 2 N–H and O–H groups in total. The molecule has 0 spiro atoms. The fourth-order valence-electron chi connectivity index (χ4n) is 2.18. The molecule has 0 bridgehead atoms. The average Bonchev–Trinajstić information content (AvgIpc) is 2.92. The van der Waals surface area contributed by atoms with Crippen LogP contribution in [0.4, 0.5) is 4.79 Å². The number of hydrogen-bond donors (Lipinski definition) is 1. The second kappa shape index (κ2) is 5.64. The smallest absolute Gasteiger partial charge is 0.374 e. The predicted octanol–water partition coefficient (Wildman–Crippen LogP) is 2.05. The van der Waals surface area contributed by atoms with Gasteiger partial charge in [-0.25, -0.2) is 9.59 Å². The van der Waals surface area contributed by atoms with Crippen molar-refractivity contribution >= 4 is 27.9 Å². The van der Waals surface area contributed by atoms with Crippen molar-refractivity contribution in [2.24, 2.45) is 5.73 Å². The Morgan fingerprint density at radius 2 is 2.37 bits per heavy atom. The molecule has 0 aromatic carbocycles. The van der Waals surface area contributed by atoms with Crippen LogP contribution in [0, 0.1) is 6.92 Å². The summed E-state index contributed by atoms with van der Waals surface area (Å²) in [5.41, 5.74) is 5.96. The van der Waals surface area contributed by atoms with Gasteiger partial charge in [0.05, 0.1) is 6.04 Å². The zero-order valence-electron chi connectivity index (χ0n) is 10.5. The molecule has 0 aliphatic carbocycles. The Kier molecular flexibility index (Phi) is 4.14. The predicted molar refractivity (Wildman–Crippen MR) is 70.7 cm³/mol. The highest BCUT2D eigenvalue weighted by molar-refractivity contribution is 9.10. The second-order valence-electron chi connectivity index (χ2n) is 4.49. The average molecular weight is 331 g/mol. The number of primary amides is 1. The molecule has 0 saturated carbocycles. The first-order valence-corrected chi connectivity index (χ1v) is 6.77. The molecule has 104 valence electrons. The van der Waals surface area contributed by atoms with Gasteiger partial charge in [-0.3, -0.25) is 0 Å². The third kappa shape index (κ3) is 3.09. The van der Waals surface area contributed by atoms with E-state index in [9.17, 15) is 9.59 Å². The summed E-state index contributed by atoms with van der Waals surface area (Å²) in [7, 11) is 0. The van der Waals surface area contributed by atoms with Gasteiger partial charge in [-0.05, 0) is 41.8 Å². The molecule has 0 radical (unpaired) electrons. The summed E-state index contributed by atoms with van der Waals surface area (Å²) in [5, 5.41) is 0. The van der Waals surface area contributed by atoms with Gasteiger partial charge in [0.1, 0.15) is 6.61 Å². The number of carbonyl (C=O) groups excluding carboxylic acids is 2. The molecule has 1 aromatic rings. The molecule has 1 atom stereocenters. The zero-order chi connectivity index (χ0) is 14.0. The van der Waals surface area contributed by atoms with Crippen molar-refractivity contribution in [2.45, 2.75) is 25.8 Å². The van der Waals surface area contributed by atoms with Crippen molar-refractivity contribution in [2.75, 3.05) is 13.2 Å². The number of aryl methyl sites for hydroxylation is 1. The van der Waals surface area contributed by atoms with Crippen molar-refractivity contribution in [3.63, 3.8) is 0 Å². The molecule has 2 heterocycles. The van der Waals surface area contributed by atoms with Gasteiger partial charge in [-0.1, -0.05) is 0 Å². The molecular formula is C12H15BrN2O4. The van der Waals surface area contributed by atoms with E-state index in [-0.39, 0.29) is 18.4 Å². The third-order valence-corrected chi connectivity index (χ3v) is 3.53. The number of halogens is 1. The largest absolute Gasteiger partial charge is 0.458 e. The number of amides is 2. The molecule has 2 amide bonds. The van der Waals surface area contributed by atoms with E-state index in [0.717, 1.165) is 12.8 Å². The van der Waals surface area contributed by atoms with Crippen LogP contribution in [-0.2, 0) is 4.74 Å². The number of esters is 1. The van der Waals surface area contributed by atoms with E-state index in [4.69, 9.17) is 14.9 Å². The molecule has 1 aromatic heterocycles. The van der Waals surface area contributed by atoms with Gasteiger partial charge in [0.2, 0.25) is 5.76 Å². The maximum atomic E-state index is 11.8. The quantitative estimate of drug-likeness (QED) is 0.859. The molecule has 1 saturated heterocycles. The van der Waals surface area contributed by atoms with Gasteiger partial charge < -0.3 is 19.8 Å². The Morgan fingerprint density at radius 3 is 2.95 bits per heavy atom. The maximum Gasteiger partial charge on any atom is 0.374 e. The first-order chi connectivity index (χ1) is 8.99. The van der Waals surface area contributed by atoms with Gasteiger partial charge in [0, 0.05) is 12.1 Å². The first kappa shape index (κ1) is 13.9. The first-order valence-electron chi connectivity index (χ1n) is 5.98. The highest BCUT2D eigenvalue weighted by Crippen LogP contribution is 2.21. The fourth-order valence-corrected chi connectivity index (χ4v) is 2.69. The van der Waals surface area contributed by atoms with Crippen LogP contribution in [0.3, 0.4) is 0 Å². The van der Waals surface area contributed by atoms with Crippen LogP contribution in [0.2, 0.25) is 0 Å². The number of likely N-dealkylation sites (tertiary alicyclic amines) is 1. The summed E-state index contributed by atoms with van der Waals surface area (Å²) in [6, 6.07) is 1.08. The van der Waals surface area contributed by atoms with Gasteiger partial charge in [-0.15, -0.1) is 0 Å². The van der Waals surface area contributed by atoms with Crippen LogP contribution in [0.1, 0.15) is 29.0 Å². The molecule has 0 unspecified atom stereocenters. The van der Waals surface area contributed by atoms with E-state index in [2.05, 4.69) is 15.9 Å². The van der Waals surface area contributed by atoms with Crippen LogP contribution >= 0.6 is 15.9 Å². The Morgan fingerprint density at radius 1 is 1.63 bits per heavy atom. The van der Waals surface area contributed by atoms with Crippen LogP contribution in [0.25, 0.3) is 0 Å². The molecule has 1 aliphatic rings. The molecule has 6 nitrogen and oxygen atoms in total. The van der Waals surface area contributed by atoms with E-state index in [0.29, 0.717) is 16.8 Å². The third-order valence-electron chi connectivity index (χ3n) is 3.14. The summed E-state index contributed by atoms with van der Waals surface area (Å²) in [4.78, 5) is 24.5. The summed E-state index contributed by atoms with van der Waals surface area (Å²) < 4.78 is 10.9. The lowest BCUT2D eigenvalue weighted by Crippen LogP contribution is -2.41. The Balaban J connectivity index is 1.94. The van der Waals surface area contributed by atoms with E-state index in [1.54, 1.807) is 13.0 Å². The summed E-state index contributed by atoms with van der Waals surface area (Å²) in [6.45, 7) is 2.51. The summed E-state index contributed by atoms with van der Waals surface area (Å²) in [5.74, 6) is -0.352. The lowest BCUT2D eigenvalue weighted by Gasteiger charge is -2.21. The number of furan rings is 1. The van der Waals surface area contributed by atoms with E-state index < -0.39 is 12.0 Å². The molecule has 1 fully saturated rings. The number of urea groups is 1. The molecule has 7 heteroatoms. The lowest BCUT2D eigenvalue weighted by atomic mass is 10.2. The molecular weight excluding hydrogens is 316 g/mol. The van der Waals surface area contributed by atoms with Gasteiger partial charge in [0.15, 0.2) is 4.67 Å². The Bertz CT molecular complexity index is 500. The highest BCUT2D eigenvalue weighted by Gasteiger charge is 2.29. The Labute approximate surface area is 119 Å². The minimum absolute atomic E-state index is 0.138. The van der Waals surface area contributed by atoms with Gasteiger partial charge >= 0.3 is 12.0 Å². The van der Waals surface area contributed by atoms with Gasteiger partial charge in [0.25, 0.3) is 0 Å². The van der Waals surface area contributed by atoms with Crippen LogP contribution in [0.15, 0.2) is 15.2 Å². The minimum Gasteiger partial charge on any atom is -0.458 e. The number of carbonyl (C=O) groups is 2. The van der Waals surface area contributed by atoms with Crippen molar-refractivity contribution in [3.05, 3.63) is 22.1 Å². The monoisotopic (exact) mass is 330 g/mol. The Hall–Kier alpha value is -1.50. The van der Waals surface area contributed by atoms with Crippen molar-refractivity contribution < 1.29 is 18.7 Å². The summed E-state index contributed by atoms with van der Waals surface area (Å²) in [6.07, 6.45) is 1.66. The van der Waals surface area contributed by atoms with E-state index in [1.807, 2.05) is 0 Å². The van der Waals surface area contributed by atoms with Gasteiger partial charge in [-0.2, -0.15) is 0 Å². The number of nitrogens with zero attached hydrogens (tertiary/aromatic N) is 1. The molecule has 2 rings (SSSR count). The van der Waals surface area contributed by atoms with E-state index >= 15 is 0 Å². The second-order valence-corrected chi connectivity index (χ2v) is 5.27. The van der Waals surface area contributed by atoms with Crippen LogP contribution in [-0.4, -0.2) is 36.1 Å². The standard InChI is InChI=1S/C12H15BrN2O4/c1-7-5-9(13)19-10(7)11(16)18-6-8-3-2-4-15(8)12(14)17/h5,8H,2-4,6H2,1H3,(H2,14,17)/t8-/m0/s1. The zero-order valence-corrected chi connectivity index (χ0v) is 12.1. The fraction of sp³-hybridized carbons (Fsp3) is 0.500. The topological polar surface area (TPSA) is 85.8 Å². The van der Waals surface area contributed by atoms with Crippen molar-refractivity contribution in [1.29, 1.82) is 0 Å². The normalized spacial score (nSPS) is 18.6. The van der Waals surface area contributed by atoms with Crippen molar-refractivity contribution in [1.82, 2.24) is 4.90 Å². The minimum atomic E-state index is -0.528. The number of hydrogen-bond acceptors (Lipinski definition) is 4. The maximum absolute atomic E-state index is 11.8. The molecule has 1 aliphatic heterocycles. The van der Waals surface area contributed by atoms with E-state index in [1.165, 1.54) is 4.90 Å².